The van der Waals surface area contributed by atoms with Crippen LogP contribution >= 0.6 is 12.4 Å². The number of pyridine rings is 2. The highest BCUT2D eigenvalue weighted by Crippen LogP contribution is 2.28. The van der Waals surface area contributed by atoms with Crippen LogP contribution in [0.2, 0.25) is 0 Å². The summed E-state index contributed by atoms with van der Waals surface area (Å²) in [5.41, 5.74) is 5.07. The first-order chi connectivity index (χ1) is 15.2. The number of hydrogen-bond donors (Lipinski definition) is 1. The zero-order valence-electron chi connectivity index (χ0n) is 18.2. The van der Waals surface area contributed by atoms with E-state index in [4.69, 9.17) is 4.74 Å². The maximum Gasteiger partial charge on any atom is 0.224 e. The molecular formula is C25H27ClN4O2. The lowest BCUT2D eigenvalue weighted by molar-refractivity contribution is -0.120. The quantitative estimate of drug-likeness (QED) is 0.399. The minimum atomic E-state index is 0. The molecule has 3 aromatic heterocycles. The van der Waals surface area contributed by atoms with Crippen LogP contribution in [-0.4, -0.2) is 34.1 Å². The van der Waals surface area contributed by atoms with Crippen LogP contribution in [-0.2, 0) is 17.8 Å². The zero-order valence-corrected chi connectivity index (χ0v) is 19.1. The Morgan fingerprint density at radius 1 is 1.06 bits per heavy atom. The van der Waals surface area contributed by atoms with Crippen molar-refractivity contribution in [2.45, 2.75) is 26.3 Å². The Hall–Kier alpha value is -3.38. The molecule has 0 saturated carbocycles. The van der Waals surface area contributed by atoms with Gasteiger partial charge < -0.3 is 14.6 Å². The summed E-state index contributed by atoms with van der Waals surface area (Å²) in [5.74, 6) is 0.766. The predicted molar refractivity (Wildman–Crippen MR) is 129 cm³/mol. The first kappa shape index (κ1) is 23.3. The Balaban J connectivity index is 0.00000289. The highest BCUT2D eigenvalue weighted by Gasteiger charge is 2.13. The van der Waals surface area contributed by atoms with Crippen LogP contribution in [0.25, 0.3) is 22.3 Å². The number of rotatable bonds is 8. The van der Waals surface area contributed by atoms with Crippen molar-refractivity contribution in [3.63, 3.8) is 0 Å². The fourth-order valence-electron chi connectivity index (χ4n) is 3.79. The van der Waals surface area contributed by atoms with E-state index in [1.807, 2.05) is 55.7 Å². The molecule has 6 nitrogen and oxygen atoms in total. The van der Waals surface area contributed by atoms with Gasteiger partial charge in [0.1, 0.15) is 11.4 Å². The Morgan fingerprint density at radius 2 is 1.88 bits per heavy atom. The smallest absolute Gasteiger partial charge is 0.224 e. The summed E-state index contributed by atoms with van der Waals surface area (Å²) in [6, 6.07) is 17.8. The first-order valence-corrected chi connectivity index (χ1v) is 10.4. The highest BCUT2D eigenvalue weighted by atomic mass is 35.5. The standard InChI is InChI=1S/C25H26N4O2.ClH/c1-18-22(10-5-11-26-18)23-17-20-8-4-12-28-25(20)29(23)14-6-13-27-24(30)16-19-7-3-9-21(15-19)31-2;/h3-5,7-12,15,17H,6,13-14,16H2,1-2H3,(H,27,30);1H. The number of fused-ring (bicyclic) bond motifs is 1. The van der Waals surface area contributed by atoms with Crippen LogP contribution in [0.5, 0.6) is 5.75 Å². The van der Waals surface area contributed by atoms with Crippen LogP contribution in [0.4, 0.5) is 0 Å². The highest BCUT2D eigenvalue weighted by molar-refractivity contribution is 5.85. The fraction of sp³-hybridized carbons (Fsp3) is 0.240. The van der Waals surface area contributed by atoms with Crippen molar-refractivity contribution in [1.29, 1.82) is 0 Å². The topological polar surface area (TPSA) is 69.0 Å². The van der Waals surface area contributed by atoms with E-state index in [0.717, 1.165) is 52.3 Å². The molecule has 0 radical (unpaired) electrons. The van der Waals surface area contributed by atoms with Gasteiger partial charge in [0.2, 0.25) is 5.91 Å². The van der Waals surface area contributed by atoms with Crippen molar-refractivity contribution in [2.75, 3.05) is 13.7 Å². The molecule has 0 atom stereocenters. The molecule has 0 bridgehead atoms. The molecule has 0 saturated heterocycles. The predicted octanol–water partition coefficient (Wildman–Crippen LogP) is 4.59. The molecule has 166 valence electrons. The molecule has 0 aliphatic carbocycles. The van der Waals surface area contributed by atoms with Crippen LogP contribution in [0, 0.1) is 6.92 Å². The number of aromatic nitrogens is 3. The van der Waals surface area contributed by atoms with Gasteiger partial charge in [-0.2, -0.15) is 0 Å². The molecule has 0 spiro atoms. The molecule has 32 heavy (non-hydrogen) atoms. The van der Waals surface area contributed by atoms with Gasteiger partial charge in [0.15, 0.2) is 0 Å². The second-order valence-corrected chi connectivity index (χ2v) is 7.47. The normalized spacial score (nSPS) is 10.6. The minimum absolute atomic E-state index is 0. The Morgan fingerprint density at radius 3 is 2.69 bits per heavy atom. The van der Waals surface area contributed by atoms with E-state index in [1.54, 1.807) is 7.11 Å². The van der Waals surface area contributed by atoms with E-state index < -0.39 is 0 Å². The number of halogens is 1. The second-order valence-electron chi connectivity index (χ2n) is 7.47. The van der Waals surface area contributed by atoms with Crippen molar-refractivity contribution < 1.29 is 9.53 Å². The number of carbonyl (C=O) groups is 1. The van der Waals surface area contributed by atoms with Gasteiger partial charge in [0.25, 0.3) is 0 Å². The van der Waals surface area contributed by atoms with Crippen LogP contribution in [0.1, 0.15) is 17.7 Å². The van der Waals surface area contributed by atoms with Crippen molar-refractivity contribution in [3.05, 3.63) is 78.2 Å². The SMILES string of the molecule is COc1cccc(CC(=O)NCCCn2c(-c3cccnc3C)cc3cccnc32)c1.Cl. The molecule has 0 unspecified atom stereocenters. The second kappa shape index (κ2) is 10.8. The molecule has 0 aliphatic rings. The average Bonchev–Trinajstić information content (AvgIpc) is 3.15. The molecule has 3 heterocycles. The van der Waals surface area contributed by atoms with Gasteiger partial charge >= 0.3 is 0 Å². The number of benzene rings is 1. The van der Waals surface area contributed by atoms with Crippen molar-refractivity contribution in [3.8, 4) is 17.0 Å². The lowest BCUT2D eigenvalue weighted by Gasteiger charge is -2.12. The summed E-state index contributed by atoms with van der Waals surface area (Å²) in [4.78, 5) is 21.4. The van der Waals surface area contributed by atoms with Crippen LogP contribution in [0.3, 0.4) is 0 Å². The monoisotopic (exact) mass is 450 g/mol. The number of ether oxygens (including phenoxy) is 1. The molecule has 0 aliphatic heterocycles. The molecule has 7 heteroatoms. The molecule has 4 rings (SSSR count). The lowest BCUT2D eigenvalue weighted by Crippen LogP contribution is -2.26. The molecule has 1 aromatic carbocycles. The molecule has 1 N–H and O–H groups in total. The summed E-state index contributed by atoms with van der Waals surface area (Å²) in [6.45, 7) is 3.37. The minimum Gasteiger partial charge on any atom is -0.497 e. The van der Waals surface area contributed by atoms with Crippen molar-refractivity contribution in [2.24, 2.45) is 0 Å². The third-order valence-electron chi connectivity index (χ3n) is 5.32. The van der Waals surface area contributed by atoms with Gasteiger partial charge in [-0.3, -0.25) is 9.78 Å². The Bertz CT molecular complexity index is 1210. The Labute approximate surface area is 194 Å². The number of methoxy groups -OCH3 is 1. The van der Waals surface area contributed by atoms with Crippen LogP contribution < -0.4 is 10.1 Å². The Kier molecular flexibility index (Phi) is 7.84. The van der Waals surface area contributed by atoms with Gasteiger partial charge in [-0.1, -0.05) is 12.1 Å². The third-order valence-corrected chi connectivity index (χ3v) is 5.32. The van der Waals surface area contributed by atoms with Gasteiger partial charge in [0.05, 0.1) is 19.2 Å². The maximum absolute atomic E-state index is 12.3. The van der Waals surface area contributed by atoms with Gasteiger partial charge in [-0.05, 0) is 61.4 Å². The fourth-order valence-corrected chi connectivity index (χ4v) is 3.79. The number of amides is 1. The van der Waals surface area contributed by atoms with E-state index in [1.165, 1.54) is 0 Å². The molecule has 4 aromatic rings. The number of nitrogens with one attached hydrogen (secondary N) is 1. The first-order valence-electron chi connectivity index (χ1n) is 10.4. The summed E-state index contributed by atoms with van der Waals surface area (Å²) in [7, 11) is 1.63. The molecular weight excluding hydrogens is 424 g/mol. The number of carbonyl (C=O) groups excluding carboxylic acids is 1. The zero-order chi connectivity index (χ0) is 21.6. The van der Waals surface area contributed by atoms with Gasteiger partial charge in [-0.15, -0.1) is 12.4 Å². The van der Waals surface area contributed by atoms with E-state index in [9.17, 15) is 4.79 Å². The largest absolute Gasteiger partial charge is 0.497 e. The lowest BCUT2D eigenvalue weighted by atomic mass is 10.1. The van der Waals surface area contributed by atoms with Crippen molar-refractivity contribution >= 4 is 29.3 Å². The van der Waals surface area contributed by atoms with E-state index in [-0.39, 0.29) is 18.3 Å². The van der Waals surface area contributed by atoms with E-state index in [2.05, 4.69) is 38.1 Å². The maximum atomic E-state index is 12.3. The summed E-state index contributed by atoms with van der Waals surface area (Å²) >= 11 is 0. The van der Waals surface area contributed by atoms with Gasteiger partial charge in [-0.25, -0.2) is 4.98 Å². The summed E-state index contributed by atoms with van der Waals surface area (Å²) < 4.78 is 7.44. The average molecular weight is 451 g/mol. The summed E-state index contributed by atoms with van der Waals surface area (Å²) in [5, 5.41) is 4.12. The number of nitrogens with zero attached hydrogens (tertiary/aromatic N) is 3. The third kappa shape index (κ3) is 5.26. The number of aryl methyl sites for hydroxylation is 2. The van der Waals surface area contributed by atoms with Crippen LogP contribution in [0.15, 0.2) is 67.0 Å². The van der Waals surface area contributed by atoms with Crippen molar-refractivity contribution in [1.82, 2.24) is 19.9 Å². The molecule has 0 fully saturated rings. The van der Waals surface area contributed by atoms with E-state index >= 15 is 0 Å². The molecule has 1 amide bonds. The van der Waals surface area contributed by atoms with E-state index in [0.29, 0.717) is 13.0 Å². The number of hydrogen-bond acceptors (Lipinski definition) is 4. The summed E-state index contributed by atoms with van der Waals surface area (Å²) in [6.07, 6.45) is 4.76. The van der Waals surface area contributed by atoms with Gasteiger partial charge in [0, 0.05) is 42.1 Å².